The van der Waals surface area contributed by atoms with Crippen molar-refractivity contribution in [2.45, 2.75) is 31.9 Å². The highest BCUT2D eigenvalue weighted by molar-refractivity contribution is 5.90. The van der Waals surface area contributed by atoms with Crippen LogP contribution in [-0.2, 0) is 22.1 Å². The summed E-state index contributed by atoms with van der Waals surface area (Å²) >= 11 is 0. The van der Waals surface area contributed by atoms with Crippen molar-refractivity contribution < 1.29 is 27.8 Å². The number of ether oxygens (including phenoxy) is 1. The lowest BCUT2D eigenvalue weighted by atomic mass is 9.92. The summed E-state index contributed by atoms with van der Waals surface area (Å²) < 4.78 is 43.2. The normalized spacial score (nSPS) is 18.5. The first-order valence-electron chi connectivity index (χ1n) is 6.60. The van der Waals surface area contributed by atoms with Crippen molar-refractivity contribution in [2.75, 3.05) is 6.61 Å². The number of rotatable bonds is 3. The van der Waals surface area contributed by atoms with Gasteiger partial charge in [0.25, 0.3) is 0 Å². The third kappa shape index (κ3) is 3.04. The third-order valence-electron chi connectivity index (χ3n) is 3.58. The van der Waals surface area contributed by atoms with Gasteiger partial charge in [0.2, 0.25) is 0 Å². The lowest BCUT2D eigenvalue weighted by Gasteiger charge is -2.15. The molecule has 1 aromatic carbocycles. The van der Waals surface area contributed by atoms with Crippen molar-refractivity contribution in [1.29, 1.82) is 0 Å². The average Bonchev–Trinajstić information content (AvgIpc) is 2.82. The van der Waals surface area contributed by atoms with E-state index in [-0.39, 0.29) is 12.2 Å². The number of carbonyl (C=O) groups excluding carboxylic acids is 1. The van der Waals surface area contributed by atoms with E-state index in [1.807, 2.05) is 0 Å². The van der Waals surface area contributed by atoms with E-state index in [2.05, 4.69) is 0 Å². The Bertz CT molecular complexity index is 576. The highest BCUT2D eigenvalue weighted by Crippen LogP contribution is 2.41. The van der Waals surface area contributed by atoms with Crippen molar-refractivity contribution in [3.8, 4) is 0 Å². The molecule has 1 unspecified atom stereocenters. The second-order valence-electron chi connectivity index (χ2n) is 4.81. The molecule has 0 saturated heterocycles. The lowest BCUT2D eigenvalue weighted by molar-refractivity contribution is -0.139. The highest BCUT2D eigenvalue weighted by Gasteiger charge is 2.35. The van der Waals surface area contributed by atoms with Gasteiger partial charge in [0.15, 0.2) is 0 Å². The quantitative estimate of drug-likeness (QED) is 0.525. The maximum absolute atomic E-state index is 12.8. The fourth-order valence-corrected chi connectivity index (χ4v) is 2.60. The summed E-state index contributed by atoms with van der Waals surface area (Å²) in [4.78, 5) is 11.8. The molecule has 2 rings (SSSR count). The van der Waals surface area contributed by atoms with Crippen molar-refractivity contribution in [3.05, 3.63) is 46.7 Å². The van der Waals surface area contributed by atoms with Gasteiger partial charge in [-0.25, -0.2) is 4.79 Å². The number of hydrogen-bond donors (Lipinski definition) is 1. The predicted octanol–water partition coefficient (Wildman–Crippen LogP) is 3.74. The molecule has 1 aliphatic rings. The first-order valence-corrected chi connectivity index (χ1v) is 6.60. The van der Waals surface area contributed by atoms with Gasteiger partial charge >= 0.3 is 12.1 Å². The number of aliphatic hydroxyl groups is 1. The first-order chi connectivity index (χ1) is 9.88. The topological polar surface area (TPSA) is 46.5 Å². The molecular formula is C15H15F3O3. The van der Waals surface area contributed by atoms with Crippen LogP contribution in [0.1, 0.15) is 36.0 Å². The number of benzene rings is 1. The van der Waals surface area contributed by atoms with Gasteiger partial charge in [0.1, 0.15) is 0 Å². The molecule has 1 N–H and O–H groups in total. The largest absolute Gasteiger partial charge is 0.515 e. The Morgan fingerprint density at radius 1 is 1.48 bits per heavy atom. The van der Waals surface area contributed by atoms with E-state index >= 15 is 0 Å². The van der Waals surface area contributed by atoms with Gasteiger partial charge in [-0.1, -0.05) is 6.07 Å². The molecule has 114 valence electrons. The van der Waals surface area contributed by atoms with Gasteiger partial charge in [-0.15, -0.1) is 0 Å². The summed E-state index contributed by atoms with van der Waals surface area (Å²) in [6, 6.07) is 3.52. The van der Waals surface area contributed by atoms with Crippen LogP contribution < -0.4 is 0 Å². The molecule has 0 bridgehead atoms. The number of aryl methyl sites for hydroxylation is 1. The number of hydrogen-bond acceptors (Lipinski definition) is 3. The van der Waals surface area contributed by atoms with Crippen LogP contribution in [0.2, 0.25) is 0 Å². The summed E-state index contributed by atoms with van der Waals surface area (Å²) in [5, 5.41) is 9.25. The van der Waals surface area contributed by atoms with Crippen molar-refractivity contribution in [3.63, 3.8) is 0 Å². The van der Waals surface area contributed by atoms with Crippen LogP contribution in [0.3, 0.4) is 0 Å². The Balaban J connectivity index is 2.38. The standard InChI is InChI=1S/C15H15F3O3/c1-2-21-14(20)13(8-19)11-6-4-9-3-5-10(7-12(9)11)15(16,17)18/h3,5,7-8,11,19H,2,4,6H2,1H3/b13-8+. The van der Waals surface area contributed by atoms with Crippen LogP contribution in [-0.4, -0.2) is 17.7 Å². The zero-order valence-corrected chi connectivity index (χ0v) is 11.4. The van der Waals surface area contributed by atoms with Gasteiger partial charge < -0.3 is 9.84 Å². The summed E-state index contributed by atoms with van der Waals surface area (Å²) in [7, 11) is 0. The van der Waals surface area contributed by atoms with Crippen LogP contribution in [0.25, 0.3) is 0 Å². The Morgan fingerprint density at radius 3 is 2.76 bits per heavy atom. The molecule has 1 aliphatic carbocycles. The highest BCUT2D eigenvalue weighted by atomic mass is 19.4. The van der Waals surface area contributed by atoms with E-state index in [4.69, 9.17) is 4.74 Å². The molecule has 21 heavy (non-hydrogen) atoms. The van der Waals surface area contributed by atoms with Crippen LogP contribution in [0.5, 0.6) is 0 Å². The number of esters is 1. The SMILES string of the molecule is CCOC(=O)/C(=C/O)C1CCc2ccc(C(F)(F)F)cc21. The molecule has 3 nitrogen and oxygen atoms in total. The van der Waals surface area contributed by atoms with E-state index in [1.165, 1.54) is 6.07 Å². The molecular weight excluding hydrogens is 285 g/mol. The van der Waals surface area contributed by atoms with E-state index in [9.17, 15) is 23.1 Å². The number of aliphatic hydroxyl groups excluding tert-OH is 1. The molecule has 0 aliphatic heterocycles. The van der Waals surface area contributed by atoms with Crippen LogP contribution in [0, 0.1) is 0 Å². The van der Waals surface area contributed by atoms with Crippen LogP contribution in [0.15, 0.2) is 30.0 Å². The number of carbonyl (C=O) groups is 1. The molecule has 0 amide bonds. The van der Waals surface area contributed by atoms with Gasteiger partial charge in [0, 0.05) is 5.92 Å². The molecule has 0 spiro atoms. The second kappa shape index (κ2) is 5.79. The van der Waals surface area contributed by atoms with E-state index < -0.39 is 23.6 Å². The summed E-state index contributed by atoms with van der Waals surface area (Å²) in [6.45, 7) is 1.76. The van der Waals surface area contributed by atoms with E-state index in [0.717, 1.165) is 17.7 Å². The molecule has 1 atom stereocenters. The minimum Gasteiger partial charge on any atom is -0.515 e. The van der Waals surface area contributed by atoms with Gasteiger partial charge in [0.05, 0.1) is 24.0 Å². The summed E-state index contributed by atoms with van der Waals surface area (Å²) in [5.41, 5.74) is 0.430. The molecule has 0 aromatic heterocycles. The Morgan fingerprint density at radius 2 is 2.19 bits per heavy atom. The molecule has 0 radical (unpaired) electrons. The van der Waals surface area contributed by atoms with Crippen LogP contribution in [0.4, 0.5) is 13.2 Å². The summed E-state index contributed by atoms with van der Waals surface area (Å²) in [5.74, 6) is -1.26. The Hall–Kier alpha value is -1.98. The zero-order chi connectivity index (χ0) is 15.6. The van der Waals surface area contributed by atoms with Crippen molar-refractivity contribution >= 4 is 5.97 Å². The first kappa shape index (κ1) is 15.4. The van der Waals surface area contributed by atoms with Gasteiger partial charge in [-0.3, -0.25) is 0 Å². The molecule has 0 fully saturated rings. The zero-order valence-electron chi connectivity index (χ0n) is 11.4. The molecule has 0 heterocycles. The summed E-state index contributed by atoms with van der Waals surface area (Å²) in [6.07, 6.45) is -2.76. The van der Waals surface area contributed by atoms with Crippen molar-refractivity contribution in [2.24, 2.45) is 0 Å². The minimum absolute atomic E-state index is 0.00470. The molecule has 1 aromatic rings. The van der Waals surface area contributed by atoms with Gasteiger partial charge in [-0.05, 0) is 43.0 Å². The van der Waals surface area contributed by atoms with E-state index in [1.54, 1.807) is 6.92 Å². The monoisotopic (exact) mass is 300 g/mol. The van der Waals surface area contributed by atoms with E-state index in [0.29, 0.717) is 24.7 Å². The molecule has 6 heteroatoms. The number of alkyl halides is 3. The lowest BCUT2D eigenvalue weighted by Crippen LogP contribution is -2.14. The predicted molar refractivity (Wildman–Crippen MR) is 69.9 cm³/mol. The van der Waals surface area contributed by atoms with Crippen LogP contribution >= 0.6 is 0 Å². The fourth-order valence-electron chi connectivity index (χ4n) is 2.60. The smallest absolute Gasteiger partial charge is 0.416 e. The fraction of sp³-hybridized carbons (Fsp3) is 0.400. The Labute approximate surface area is 120 Å². The van der Waals surface area contributed by atoms with Gasteiger partial charge in [-0.2, -0.15) is 13.2 Å². The maximum Gasteiger partial charge on any atom is 0.416 e. The minimum atomic E-state index is -4.44. The average molecular weight is 300 g/mol. The Kier molecular flexibility index (Phi) is 4.25. The second-order valence-corrected chi connectivity index (χ2v) is 4.81. The molecule has 0 saturated carbocycles. The maximum atomic E-state index is 12.8. The van der Waals surface area contributed by atoms with Crippen molar-refractivity contribution in [1.82, 2.24) is 0 Å². The number of halogens is 3. The number of fused-ring (bicyclic) bond motifs is 1. The third-order valence-corrected chi connectivity index (χ3v) is 3.58.